The zero-order valence-electron chi connectivity index (χ0n) is 14.5. The van der Waals surface area contributed by atoms with Gasteiger partial charge in [-0.1, -0.05) is 35.9 Å². The number of pyridine rings is 1. The van der Waals surface area contributed by atoms with Gasteiger partial charge in [-0.15, -0.1) is 0 Å². The molecular weight excluding hydrogens is 379 g/mol. The minimum absolute atomic E-state index is 0.218. The van der Waals surface area contributed by atoms with Crippen molar-refractivity contribution in [3.8, 4) is 22.6 Å². The van der Waals surface area contributed by atoms with Crippen LogP contribution in [-0.4, -0.2) is 20.9 Å². The van der Waals surface area contributed by atoms with Gasteiger partial charge in [-0.3, -0.25) is 4.79 Å². The number of nitrogens with one attached hydrogen (secondary N) is 2. The van der Waals surface area contributed by atoms with Crippen LogP contribution in [0.15, 0.2) is 73.1 Å². The van der Waals surface area contributed by atoms with Crippen LogP contribution in [0, 0.1) is 5.82 Å². The summed E-state index contributed by atoms with van der Waals surface area (Å²) in [5, 5.41) is 3.02. The molecule has 28 heavy (non-hydrogen) atoms. The predicted molar refractivity (Wildman–Crippen MR) is 107 cm³/mol. The fraction of sp³-hybridized carbons (Fsp3) is 0. The molecule has 0 saturated heterocycles. The average molecular weight is 393 g/mol. The molecule has 0 atom stereocenters. The Morgan fingerprint density at radius 1 is 0.964 bits per heavy atom. The summed E-state index contributed by atoms with van der Waals surface area (Å²) in [5.41, 5.74) is 2.16. The van der Waals surface area contributed by atoms with Crippen molar-refractivity contribution in [3.05, 3.63) is 89.5 Å². The molecule has 0 aliphatic heterocycles. The first-order valence-corrected chi connectivity index (χ1v) is 8.82. The molecule has 0 aliphatic carbocycles. The average Bonchev–Trinajstić information content (AvgIpc) is 3.19. The lowest BCUT2D eigenvalue weighted by atomic mass is 10.2. The summed E-state index contributed by atoms with van der Waals surface area (Å²) >= 11 is 6.09. The van der Waals surface area contributed by atoms with Crippen LogP contribution >= 0.6 is 11.6 Å². The molecule has 4 aromatic rings. The zero-order chi connectivity index (χ0) is 19.5. The van der Waals surface area contributed by atoms with Crippen molar-refractivity contribution in [1.82, 2.24) is 15.0 Å². The number of hydrogen-bond donors (Lipinski definition) is 2. The molecule has 0 unspecified atom stereocenters. The third-order valence-corrected chi connectivity index (χ3v) is 4.44. The molecule has 0 bridgehead atoms. The van der Waals surface area contributed by atoms with Gasteiger partial charge in [-0.2, -0.15) is 0 Å². The van der Waals surface area contributed by atoms with Crippen LogP contribution in [0.3, 0.4) is 0 Å². The van der Waals surface area contributed by atoms with Gasteiger partial charge in [0.25, 0.3) is 5.91 Å². The van der Waals surface area contributed by atoms with Crippen LogP contribution < -0.4 is 5.32 Å². The lowest BCUT2D eigenvalue weighted by Crippen LogP contribution is -2.12. The molecule has 5 nitrogen and oxygen atoms in total. The lowest BCUT2D eigenvalue weighted by Gasteiger charge is -2.05. The molecule has 7 heteroatoms. The highest BCUT2D eigenvalue weighted by molar-refractivity contribution is 6.33. The van der Waals surface area contributed by atoms with Gasteiger partial charge in [-0.25, -0.2) is 14.4 Å². The Hall–Kier alpha value is -3.51. The van der Waals surface area contributed by atoms with Crippen LogP contribution in [0.2, 0.25) is 5.02 Å². The quantitative estimate of drug-likeness (QED) is 0.502. The molecule has 2 N–H and O–H groups in total. The second kappa shape index (κ2) is 7.62. The van der Waals surface area contributed by atoms with Crippen molar-refractivity contribution in [1.29, 1.82) is 0 Å². The summed E-state index contributed by atoms with van der Waals surface area (Å²) in [6.45, 7) is 0. The van der Waals surface area contributed by atoms with Gasteiger partial charge in [0.1, 0.15) is 17.5 Å². The normalized spacial score (nSPS) is 10.6. The summed E-state index contributed by atoms with van der Waals surface area (Å²) in [7, 11) is 0. The molecule has 0 aliphatic rings. The molecule has 2 aromatic heterocycles. The molecule has 0 spiro atoms. The van der Waals surface area contributed by atoms with E-state index in [9.17, 15) is 9.18 Å². The van der Waals surface area contributed by atoms with Gasteiger partial charge < -0.3 is 10.3 Å². The Labute approximate surface area is 165 Å². The van der Waals surface area contributed by atoms with E-state index in [1.165, 1.54) is 12.1 Å². The number of amides is 1. The minimum Gasteiger partial charge on any atom is -0.338 e. The molecule has 0 saturated carbocycles. The van der Waals surface area contributed by atoms with E-state index < -0.39 is 5.82 Å². The third kappa shape index (κ3) is 3.63. The molecule has 2 heterocycles. The van der Waals surface area contributed by atoms with E-state index >= 15 is 0 Å². The second-order valence-electron chi connectivity index (χ2n) is 5.99. The third-order valence-electron chi connectivity index (χ3n) is 4.13. The SMILES string of the molecule is O=C(Nc1ccc(-c2cnc(-c3c(F)cccc3Cl)[nH]2)cn1)c1ccccc1. The van der Waals surface area contributed by atoms with E-state index in [4.69, 9.17) is 11.6 Å². The van der Waals surface area contributed by atoms with E-state index in [0.29, 0.717) is 22.9 Å². The highest BCUT2D eigenvalue weighted by Crippen LogP contribution is 2.30. The number of halogens is 2. The molecule has 4 rings (SSSR count). The van der Waals surface area contributed by atoms with E-state index in [2.05, 4.69) is 20.3 Å². The van der Waals surface area contributed by atoms with Gasteiger partial charge in [0.05, 0.1) is 22.5 Å². The summed E-state index contributed by atoms with van der Waals surface area (Å²) in [4.78, 5) is 23.7. The number of carbonyl (C=O) groups excluding carboxylic acids is 1. The maximum Gasteiger partial charge on any atom is 0.256 e. The van der Waals surface area contributed by atoms with Gasteiger partial charge in [0, 0.05) is 17.3 Å². The van der Waals surface area contributed by atoms with Gasteiger partial charge in [-0.05, 0) is 36.4 Å². The Kier molecular flexibility index (Phi) is 4.87. The van der Waals surface area contributed by atoms with Crippen molar-refractivity contribution >= 4 is 23.3 Å². The summed E-state index contributed by atoms with van der Waals surface area (Å²) < 4.78 is 14.1. The number of anilines is 1. The van der Waals surface area contributed by atoms with Gasteiger partial charge in [0.15, 0.2) is 0 Å². The molecule has 0 radical (unpaired) electrons. The molecule has 1 amide bonds. The largest absolute Gasteiger partial charge is 0.338 e. The number of H-pyrrole nitrogens is 1. The van der Waals surface area contributed by atoms with E-state index in [1.807, 2.05) is 6.07 Å². The van der Waals surface area contributed by atoms with Crippen LogP contribution in [0.1, 0.15) is 10.4 Å². The summed E-state index contributed by atoms with van der Waals surface area (Å²) in [6.07, 6.45) is 3.18. The van der Waals surface area contributed by atoms with Crippen LogP contribution in [-0.2, 0) is 0 Å². The van der Waals surface area contributed by atoms with Crippen molar-refractivity contribution in [2.45, 2.75) is 0 Å². The Morgan fingerprint density at radius 3 is 2.50 bits per heavy atom. The Balaban J connectivity index is 1.54. The fourth-order valence-electron chi connectivity index (χ4n) is 2.72. The number of rotatable bonds is 4. The highest BCUT2D eigenvalue weighted by Gasteiger charge is 2.14. The molecule has 2 aromatic carbocycles. The van der Waals surface area contributed by atoms with E-state index in [-0.39, 0.29) is 16.5 Å². The number of benzene rings is 2. The van der Waals surface area contributed by atoms with Crippen LogP contribution in [0.25, 0.3) is 22.6 Å². The molecular formula is C21H14ClFN4O. The number of nitrogens with zero attached hydrogens (tertiary/aromatic N) is 2. The smallest absolute Gasteiger partial charge is 0.256 e. The second-order valence-corrected chi connectivity index (χ2v) is 6.40. The van der Waals surface area contributed by atoms with E-state index in [1.54, 1.807) is 54.9 Å². The van der Waals surface area contributed by atoms with Crippen molar-refractivity contribution in [3.63, 3.8) is 0 Å². The monoisotopic (exact) mass is 392 g/mol. The Morgan fingerprint density at radius 2 is 1.79 bits per heavy atom. The van der Waals surface area contributed by atoms with E-state index in [0.717, 1.165) is 5.56 Å². The minimum atomic E-state index is -0.453. The van der Waals surface area contributed by atoms with Crippen LogP contribution in [0.4, 0.5) is 10.2 Å². The van der Waals surface area contributed by atoms with Crippen molar-refractivity contribution in [2.24, 2.45) is 0 Å². The first kappa shape index (κ1) is 17.9. The number of aromatic nitrogens is 3. The number of imidazole rings is 1. The topological polar surface area (TPSA) is 70.7 Å². The highest BCUT2D eigenvalue weighted by atomic mass is 35.5. The van der Waals surface area contributed by atoms with Crippen molar-refractivity contribution in [2.75, 3.05) is 5.32 Å². The zero-order valence-corrected chi connectivity index (χ0v) is 15.2. The van der Waals surface area contributed by atoms with Gasteiger partial charge >= 0.3 is 0 Å². The lowest BCUT2D eigenvalue weighted by molar-refractivity contribution is 0.102. The van der Waals surface area contributed by atoms with Gasteiger partial charge in [0.2, 0.25) is 0 Å². The molecule has 0 fully saturated rings. The summed E-state index contributed by atoms with van der Waals surface area (Å²) in [5.74, 6) is 0.0680. The summed E-state index contributed by atoms with van der Waals surface area (Å²) in [6, 6.07) is 16.8. The number of carbonyl (C=O) groups is 1. The van der Waals surface area contributed by atoms with Crippen molar-refractivity contribution < 1.29 is 9.18 Å². The number of hydrogen-bond acceptors (Lipinski definition) is 3. The number of aromatic amines is 1. The maximum absolute atomic E-state index is 14.1. The predicted octanol–water partition coefficient (Wildman–Crippen LogP) is 5.18. The first-order chi connectivity index (χ1) is 13.6. The fourth-order valence-corrected chi connectivity index (χ4v) is 2.98. The standard InChI is InChI=1S/C21H14ClFN4O/c22-15-7-4-8-16(23)19(15)20-25-12-17(26-20)14-9-10-18(24-11-14)27-21(28)13-5-2-1-3-6-13/h1-12H,(H,25,26)(H,24,27,28). The molecule has 138 valence electrons. The first-order valence-electron chi connectivity index (χ1n) is 8.44. The Bertz CT molecular complexity index is 1110. The maximum atomic E-state index is 14.1. The van der Waals surface area contributed by atoms with Crippen LogP contribution in [0.5, 0.6) is 0 Å².